The lowest BCUT2D eigenvalue weighted by molar-refractivity contribution is 0.0835. The summed E-state index contributed by atoms with van der Waals surface area (Å²) < 4.78 is 10.3. The van der Waals surface area contributed by atoms with E-state index in [0.717, 1.165) is 19.4 Å². The van der Waals surface area contributed by atoms with Crippen LogP contribution in [0.3, 0.4) is 0 Å². The highest BCUT2D eigenvalue weighted by Crippen LogP contribution is 2.26. The lowest BCUT2D eigenvalue weighted by atomic mass is 10.2. The summed E-state index contributed by atoms with van der Waals surface area (Å²) in [6.07, 6.45) is 2.14. The standard InChI is InChI=1S/C7H10N2O2/c1-5-8-7(11-9-5)6-3-2-4-10-6/h6H,2-4H2,1H3/t6-/m0/s1. The fourth-order valence-corrected chi connectivity index (χ4v) is 1.22. The zero-order valence-electron chi connectivity index (χ0n) is 6.41. The SMILES string of the molecule is Cc1noc([C@@H]2CCCO2)n1. The second-order valence-corrected chi connectivity index (χ2v) is 2.68. The van der Waals surface area contributed by atoms with Crippen LogP contribution in [0.2, 0.25) is 0 Å². The van der Waals surface area contributed by atoms with Gasteiger partial charge in [-0.05, 0) is 19.8 Å². The quantitative estimate of drug-likeness (QED) is 0.610. The molecule has 4 nitrogen and oxygen atoms in total. The normalized spacial score (nSPS) is 24.3. The van der Waals surface area contributed by atoms with Crippen molar-refractivity contribution in [3.63, 3.8) is 0 Å². The van der Waals surface area contributed by atoms with Gasteiger partial charge in [0.15, 0.2) is 5.82 Å². The van der Waals surface area contributed by atoms with E-state index in [2.05, 4.69) is 10.1 Å². The zero-order chi connectivity index (χ0) is 7.68. The molecular weight excluding hydrogens is 144 g/mol. The molecule has 1 aromatic rings. The number of rotatable bonds is 1. The molecule has 2 rings (SSSR count). The van der Waals surface area contributed by atoms with Crippen LogP contribution >= 0.6 is 0 Å². The molecule has 0 unspecified atom stereocenters. The van der Waals surface area contributed by atoms with Crippen LogP contribution in [-0.4, -0.2) is 16.7 Å². The van der Waals surface area contributed by atoms with Crippen molar-refractivity contribution in [2.24, 2.45) is 0 Å². The molecular formula is C7H10N2O2. The van der Waals surface area contributed by atoms with E-state index in [4.69, 9.17) is 9.26 Å². The minimum atomic E-state index is 0.0520. The third-order valence-corrected chi connectivity index (χ3v) is 1.75. The third kappa shape index (κ3) is 1.26. The smallest absolute Gasteiger partial charge is 0.255 e. The number of aromatic nitrogens is 2. The van der Waals surface area contributed by atoms with Crippen LogP contribution in [-0.2, 0) is 4.74 Å². The molecule has 1 aromatic heterocycles. The molecule has 0 aromatic carbocycles. The van der Waals surface area contributed by atoms with Gasteiger partial charge >= 0.3 is 0 Å². The molecule has 2 heterocycles. The van der Waals surface area contributed by atoms with Crippen LogP contribution in [0, 0.1) is 6.92 Å². The number of hydrogen-bond donors (Lipinski definition) is 0. The average molecular weight is 154 g/mol. The first-order chi connectivity index (χ1) is 5.36. The van der Waals surface area contributed by atoms with Crippen LogP contribution in [0.15, 0.2) is 4.52 Å². The molecule has 0 amide bonds. The zero-order valence-corrected chi connectivity index (χ0v) is 6.41. The third-order valence-electron chi connectivity index (χ3n) is 1.75. The van der Waals surface area contributed by atoms with Gasteiger partial charge in [0.1, 0.15) is 6.10 Å². The number of nitrogens with zero attached hydrogens (tertiary/aromatic N) is 2. The predicted octanol–water partition coefficient (Wildman–Crippen LogP) is 1.23. The topological polar surface area (TPSA) is 48.2 Å². The molecule has 0 aliphatic carbocycles. The van der Waals surface area contributed by atoms with Gasteiger partial charge in [0, 0.05) is 6.61 Å². The van der Waals surface area contributed by atoms with Crippen LogP contribution < -0.4 is 0 Å². The van der Waals surface area contributed by atoms with Crippen molar-refractivity contribution in [3.8, 4) is 0 Å². The fraction of sp³-hybridized carbons (Fsp3) is 0.714. The van der Waals surface area contributed by atoms with Gasteiger partial charge in [0.2, 0.25) is 0 Å². The molecule has 1 atom stereocenters. The Hall–Kier alpha value is -0.900. The van der Waals surface area contributed by atoms with Crippen molar-refractivity contribution in [1.82, 2.24) is 10.1 Å². The van der Waals surface area contributed by atoms with E-state index in [9.17, 15) is 0 Å². The number of hydrogen-bond acceptors (Lipinski definition) is 4. The van der Waals surface area contributed by atoms with Gasteiger partial charge in [-0.15, -0.1) is 0 Å². The van der Waals surface area contributed by atoms with E-state index in [0.29, 0.717) is 11.7 Å². The summed E-state index contributed by atoms with van der Waals surface area (Å²) >= 11 is 0. The summed E-state index contributed by atoms with van der Waals surface area (Å²) in [5.74, 6) is 1.30. The molecule has 0 N–H and O–H groups in total. The highest BCUT2D eigenvalue weighted by atomic mass is 16.5. The molecule has 1 aliphatic heterocycles. The number of aryl methyl sites for hydroxylation is 1. The Kier molecular flexibility index (Phi) is 1.62. The second-order valence-electron chi connectivity index (χ2n) is 2.68. The molecule has 4 heteroatoms. The highest BCUT2D eigenvalue weighted by molar-refractivity contribution is 4.89. The van der Waals surface area contributed by atoms with Crippen LogP contribution in [0.4, 0.5) is 0 Å². The second kappa shape index (κ2) is 2.62. The predicted molar refractivity (Wildman–Crippen MR) is 37.0 cm³/mol. The van der Waals surface area contributed by atoms with Gasteiger partial charge in [-0.3, -0.25) is 0 Å². The summed E-state index contributed by atoms with van der Waals surface area (Å²) in [6.45, 7) is 2.62. The molecule has 0 bridgehead atoms. The maximum absolute atomic E-state index is 5.36. The molecule has 11 heavy (non-hydrogen) atoms. The van der Waals surface area contributed by atoms with Gasteiger partial charge in [-0.2, -0.15) is 4.98 Å². The molecule has 1 aliphatic rings. The molecule has 1 fully saturated rings. The van der Waals surface area contributed by atoms with Crippen LogP contribution in [0.25, 0.3) is 0 Å². The maximum atomic E-state index is 5.36. The summed E-state index contributed by atoms with van der Waals surface area (Å²) in [4.78, 5) is 4.09. The minimum absolute atomic E-state index is 0.0520. The first-order valence-corrected chi connectivity index (χ1v) is 3.78. The first kappa shape index (κ1) is 6.79. The van der Waals surface area contributed by atoms with Gasteiger partial charge in [-0.1, -0.05) is 5.16 Å². The molecule has 0 saturated carbocycles. The van der Waals surface area contributed by atoms with Crippen molar-refractivity contribution in [2.45, 2.75) is 25.9 Å². The van der Waals surface area contributed by atoms with Crippen molar-refractivity contribution >= 4 is 0 Å². The van der Waals surface area contributed by atoms with Crippen LogP contribution in [0.5, 0.6) is 0 Å². The fourth-order valence-electron chi connectivity index (χ4n) is 1.22. The van der Waals surface area contributed by atoms with E-state index in [1.54, 1.807) is 0 Å². The van der Waals surface area contributed by atoms with E-state index in [-0.39, 0.29) is 6.10 Å². The Morgan fingerprint density at radius 2 is 2.45 bits per heavy atom. The minimum Gasteiger partial charge on any atom is -0.368 e. The summed E-state index contributed by atoms with van der Waals surface area (Å²) in [5, 5.41) is 3.70. The number of ether oxygens (including phenoxy) is 1. The van der Waals surface area contributed by atoms with Crippen molar-refractivity contribution in [3.05, 3.63) is 11.7 Å². The van der Waals surface area contributed by atoms with Crippen molar-refractivity contribution < 1.29 is 9.26 Å². The Labute approximate surface area is 64.5 Å². The van der Waals surface area contributed by atoms with Crippen LogP contribution in [0.1, 0.15) is 30.7 Å². The monoisotopic (exact) mass is 154 g/mol. The lowest BCUT2D eigenvalue weighted by Crippen LogP contribution is -1.95. The molecule has 0 radical (unpaired) electrons. The Balaban J connectivity index is 2.15. The first-order valence-electron chi connectivity index (χ1n) is 3.78. The van der Waals surface area contributed by atoms with Gasteiger partial charge in [0.25, 0.3) is 5.89 Å². The molecule has 1 saturated heterocycles. The maximum Gasteiger partial charge on any atom is 0.255 e. The lowest BCUT2D eigenvalue weighted by Gasteiger charge is -2.00. The molecule has 60 valence electrons. The largest absolute Gasteiger partial charge is 0.368 e. The Morgan fingerprint density at radius 1 is 1.55 bits per heavy atom. The summed E-state index contributed by atoms with van der Waals surface area (Å²) in [7, 11) is 0. The van der Waals surface area contributed by atoms with Gasteiger partial charge < -0.3 is 9.26 Å². The average Bonchev–Trinajstić information content (AvgIpc) is 2.55. The summed E-state index contributed by atoms with van der Waals surface area (Å²) in [6, 6.07) is 0. The Morgan fingerprint density at radius 3 is 3.00 bits per heavy atom. The van der Waals surface area contributed by atoms with E-state index in [1.165, 1.54) is 0 Å². The van der Waals surface area contributed by atoms with E-state index >= 15 is 0 Å². The van der Waals surface area contributed by atoms with Gasteiger partial charge in [-0.25, -0.2) is 0 Å². The van der Waals surface area contributed by atoms with E-state index < -0.39 is 0 Å². The van der Waals surface area contributed by atoms with E-state index in [1.807, 2.05) is 6.92 Å². The van der Waals surface area contributed by atoms with Gasteiger partial charge in [0.05, 0.1) is 0 Å². The highest BCUT2D eigenvalue weighted by Gasteiger charge is 2.22. The van der Waals surface area contributed by atoms with Crippen molar-refractivity contribution in [2.75, 3.05) is 6.61 Å². The Bertz CT molecular complexity index is 240. The summed E-state index contributed by atoms with van der Waals surface area (Å²) in [5.41, 5.74) is 0. The molecule has 0 spiro atoms. The van der Waals surface area contributed by atoms with Crippen molar-refractivity contribution in [1.29, 1.82) is 0 Å².